The van der Waals surface area contributed by atoms with E-state index in [9.17, 15) is 13.5 Å². The van der Waals surface area contributed by atoms with Gasteiger partial charge in [-0.2, -0.15) is 0 Å². The first-order chi connectivity index (χ1) is 13.9. The molecule has 0 amide bonds. The van der Waals surface area contributed by atoms with Gasteiger partial charge in [0.1, 0.15) is 4.75 Å². The fourth-order valence-corrected chi connectivity index (χ4v) is 7.60. The van der Waals surface area contributed by atoms with Gasteiger partial charge in [-0.3, -0.25) is 0 Å². The number of rotatable bonds is 12. The molecule has 1 saturated heterocycles. The lowest BCUT2D eigenvalue weighted by molar-refractivity contribution is 0.0693. The van der Waals surface area contributed by atoms with Crippen LogP contribution in [0.1, 0.15) is 104 Å². The van der Waals surface area contributed by atoms with Crippen LogP contribution in [0.2, 0.25) is 0 Å². The molecule has 0 radical (unpaired) electrons. The molecule has 0 aromatic heterocycles. The van der Waals surface area contributed by atoms with Gasteiger partial charge in [-0.15, -0.1) is 0 Å². The van der Waals surface area contributed by atoms with Crippen molar-refractivity contribution in [3.05, 3.63) is 0 Å². The minimum atomic E-state index is -3.59. The van der Waals surface area contributed by atoms with Gasteiger partial charge in [0.15, 0.2) is 0 Å². The highest BCUT2D eigenvalue weighted by molar-refractivity contribution is 7.91. The number of likely N-dealkylation sites (tertiary alicyclic amines) is 1. The van der Waals surface area contributed by atoms with Gasteiger partial charge in [-0.05, 0) is 64.1 Å². The maximum Gasteiger partial charge on any atom is 0.220 e. The lowest BCUT2D eigenvalue weighted by Crippen LogP contribution is -2.60. The van der Waals surface area contributed by atoms with E-state index in [2.05, 4.69) is 23.5 Å². The van der Waals surface area contributed by atoms with Gasteiger partial charge in [0, 0.05) is 6.04 Å². The number of hydrogen-bond donors (Lipinski definition) is 2. The van der Waals surface area contributed by atoms with Crippen molar-refractivity contribution >= 4 is 10.0 Å². The normalized spacial score (nSPS) is 22.8. The molecule has 0 bridgehead atoms. The number of hydrogen-bond acceptors (Lipinski definition) is 4. The molecule has 1 atom stereocenters. The van der Waals surface area contributed by atoms with Gasteiger partial charge in [-0.1, -0.05) is 65.7 Å². The van der Waals surface area contributed by atoms with Crippen LogP contribution < -0.4 is 4.72 Å². The van der Waals surface area contributed by atoms with Crippen molar-refractivity contribution < 1.29 is 13.5 Å². The molecule has 172 valence electrons. The van der Waals surface area contributed by atoms with Crippen LogP contribution in [0.3, 0.4) is 0 Å². The summed E-state index contributed by atoms with van der Waals surface area (Å²) in [6.45, 7) is 8.71. The summed E-state index contributed by atoms with van der Waals surface area (Å²) in [5.74, 6) is 0.853. The molecule has 2 rings (SSSR count). The van der Waals surface area contributed by atoms with Crippen LogP contribution in [0.25, 0.3) is 0 Å². The molecule has 1 saturated carbocycles. The van der Waals surface area contributed by atoms with Gasteiger partial charge >= 0.3 is 0 Å². The van der Waals surface area contributed by atoms with Gasteiger partial charge in [0.25, 0.3) is 0 Å². The number of nitrogens with one attached hydrogen (secondary N) is 1. The Morgan fingerprint density at radius 2 is 1.62 bits per heavy atom. The van der Waals surface area contributed by atoms with E-state index < -0.39 is 20.9 Å². The van der Waals surface area contributed by atoms with E-state index >= 15 is 0 Å². The first-order valence-electron chi connectivity index (χ1n) is 12.3. The molecule has 5 nitrogen and oxygen atoms in total. The summed E-state index contributed by atoms with van der Waals surface area (Å²) < 4.78 is 29.0. The monoisotopic (exact) mass is 430 g/mol. The van der Waals surface area contributed by atoms with E-state index in [1.54, 1.807) is 0 Å². The Labute approximate surface area is 180 Å². The van der Waals surface area contributed by atoms with Crippen molar-refractivity contribution in [2.24, 2.45) is 5.92 Å². The zero-order valence-corrected chi connectivity index (χ0v) is 20.0. The molecule has 29 heavy (non-hydrogen) atoms. The Balaban J connectivity index is 2.01. The molecule has 1 aliphatic carbocycles. The van der Waals surface area contributed by atoms with Gasteiger partial charge in [0.2, 0.25) is 10.0 Å². The highest BCUT2D eigenvalue weighted by atomic mass is 32.2. The molecule has 1 heterocycles. The van der Waals surface area contributed by atoms with Crippen LogP contribution in [0, 0.1) is 5.92 Å². The molecule has 0 aromatic carbocycles. The zero-order chi connectivity index (χ0) is 21.3. The van der Waals surface area contributed by atoms with Crippen LogP contribution >= 0.6 is 0 Å². The van der Waals surface area contributed by atoms with Crippen molar-refractivity contribution in [3.63, 3.8) is 0 Å². The lowest BCUT2D eigenvalue weighted by Gasteiger charge is -2.44. The Hall–Kier alpha value is -0.170. The molecule has 6 heteroatoms. The second-order valence-electron chi connectivity index (χ2n) is 9.52. The van der Waals surface area contributed by atoms with Crippen LogP contribution in [-0.2, 0) is 10.0 Å². The third-order valence-corrected chi connectivity index (χ3v) is 9.80. The molecular formula is C23H46N2O3S. The fraction of sp³-hybridized carbons (Fsp3) is 1.00. The van der Waals surface area contributed by atoms with Crippen LogP contribution in [-0.4, -0.2) is 55.0 Å². The number of piperidine rings is 1. The second kappa shape index (κ2) is 12.0. The molecule has 2 fully saturated rings. The number of sulfonamides is 1. The van der Waals surface area contributed by atoms with E-state index in [1.165, 1.54) is 38.5 Å². The summed E-state index contributed by atoms with van der Waals surface area (Å²) in [5, 5.41) is 10.8. The van der Waals surface area contributed by atoms with Crippen molar-refractivity contribution in [3.8, 4) is 0 Å². The summed E-state index contributed by atoms with van der Waals surface area (Å²) in [5.41, 5.74) is 0. The molecule has 1 aliphatic heterocycles. The van der Waals surface area contributed by atoms with Gasteiger partial charge in [-0.25, -0.2) is 13.1 Å². The van der Waals surface area contributed by atoms with Gasteiger partial charge < -0.3 is 10.0 Å². The third-order valence-electron chi connectivity index (χ3n) is 7.41. The van der Waals surface area contributed by atoms with Crippen molar-refractivity contribution in [2.45, 2.75) is 121 Å². The highest BCUT2D eigenvalue weighted by Crippen LogP contribution is 2.36. The molecule has 0 spiro atoms. The Morgan fingerprint density at radius 1 is 1.03 bits per heavy atom. The van der Waals surface area contributed by atoms with E-state index in [0.717, 1.165) is 51.2 Å². The standard InChI is InChI=1S/C23H46N2O3S/c1-4-10-21(11-5-2)24-29(27,28)23(22(26)6-3)15-18-25(19-16-23)17-14-20-12-8-7-9-13-20/h20-22,24,26H,4-19H2,1-3H3/t22-/m0/s1. The fourth-order valence-electron chi connectivity index (χ4n) is 5.45. The number of aliphatic hydroxyl groups excluding tert-OH is 1. The Bertz CT molecular complexity index is 546. The second-order valence-corrected chi connectivity index (χ2v) is 11.6. The average Bonchev–Trinajstić information content (AvgIpc) is 2.72. The minimum absolute atomic E-state index is 0.0136. The molecule has 0 unspecified atom stereocenters. The molecule has 0 aromatic rings. The van der Waals surface area contributed by atoms with E-state index in [1.807, 2.05) is 6.92 Å². The average molecular weight is 431 g/mol. The zero-order valence-electron chi connectivity index (χ0n) is 19.2. The first-order valence-corrected chi connectivity index (χ1v) is 13.8. The largest absolute Gasteiger partial charge is 0.391 e. The van der Waals surface area contributed by atoms with Crippen molar-refractivity contribution in [2.75, 3.05) is 19.6 Å². The summed E-state index contributed by atoms with van der Waals surface area (Å²) in [4.78, 5) is 2.43. The van der Waals surface area contributed by atoms with E-state index in [4.69, 9.17) is 0 Å². The summed E-state index contributed by atoms with van der Waals surface area (Å²) in [7, 11) is -3.59. The molecular weight excluding hydrogens is 384 g/mol. The lowest BCUT2D eigenvalue weighted by atomic mass is 9.86. The summed E-state index contributed by atoms with van der Waals surface area (Å²) >= 11 is 0. The number of nitrogens with zero attached hydrogens (tertiary/aromatic N) is 1. The van der Waals surface area contributed by atoms with Crippen LogP contribution in [0.15, 0.2) is 0 Å². The molecule has 2 aliphatic rings. The van der Waals surface area contributed by atoms with E-state index in [0.29, 0.717) is 19.3 Å². The highest BCUT2D eigenvalue weighted by Gasteiger charge is 2.51. The predicted molar refractivity (Wildman–Crippen MR) is 122 cm³/mol. The van der Waals surface area contributed by atoms with Crippen molar-refractivity contribution in [1.29, 1.82) is 0 Å². The maximum absolute atomic E-state index is 13.5. The van der Waals surface area contributed by atoms with Gasteiger partial charge in [0.05, 0.1) is 6.10 Å². The Kier molecular flexibility index (Phi) is 10.4. The smallest absolute Gasteiger partial charge is 0.220 e. The SMILES string of the molecule is CCCC(CCC)NS(=O)(=O)C1([C@@H](O)CC)CCN(CCC2CCCCC2)CC1. The Morgan fingerprint density at radius 3 is 2.14 bits per heavy atom. The topological polar surface area (TPSA) is 69.6 Å². The van der Waals surface area contributed by atoms with Crippen LogP contribution in [0.5, 0.6) is 0 Å². The van der Waals surface area contributed by atoms with Crippen molar-refractivity contribution in [1.82, 2.24) is 9.62 Å². The minimum Gasteiger partial charge on any atom is -0.391 e. The quantitative estimate of drug-likeness (QED) is 0.480. The number of aliphatic hydroxyl groups is 1. The van der Waals surface area contributed by atoms with E-state index in [-0.39, 0.29) is 6.04 Å². The first kappa shape index (κ1) is 25.1. The summed E-state index contributed by atoms with van der Waals surface area (Å²) in [6.07, 6.45) is 12.5. The van der Waals surface area contributed by atoms with Crippen LogP contribution in [0.4, 0.5) is 0 Å². The maximum atomic E-state index is 13.5. The third kappa shape index (κ3) is 6.65. The molecule has 2 N–H and O–H groups in total. The predicted octanol–water partition coefficient (Wildman–Crippen LogP) is 4.45. The summed E-state index contributed by atoms with van der Waals surface area (Å²) in [6, 6.07) is -0.0136.